The number of nitrogens with two attached hydrogens (primary N) is 1. The zero-order chi connectivity index (χ0) is 23.5. The molecule has 0 saturated heterocycles. The third-order valence-corrected chi connectivity index (χ3v) is 6.76. The minimum absolute atomic E-state index is 0.0387. The molecule has 3 heterocycles. The molecular formula is C26H24N2O4S. The van der Waals surface area contributed by atoms with Crippen LogP contribution in [0.2, 0.25) is 0 Å². The van der Waals surface area contributed by atoms with E-state index in [0.717, 1.165) is 32.8 Å². The van der Waals surface area contributed by atoms with Gasteiger partial charge in [0.05, 0.1) is 23.8 Å². The van der Waals surface area contributed by atoms with Gasteiger partial charge in [-0.05, 0) is 62.1 Å². The lowest BCUT2D eigenvalue weighted by atomic mass is 9.83. The van der Waals surface area contributed by atoms with Crippen molar-refractivity contribution >= 4 is 40.3 Å². The second-order valence-corrected chi connectivity index (χ2v) is 9.70. The molecule has 2 aliphatic rings. The summed E-state index contributed by atoms with van der Waals surface area (Å²) < 4.78 is 12.0. The summed E-state index contributed by atoms with van der Waals surface area (Å²) in [5, 5.41) is 15.9. The van der Waals surface area contributed by atoms with Crippen molar-refractivity contribution in [2.75, 3.05) is 12.4 Å². The van der Waals surface area contributed by atoms with E-state index in [-0.39, 0.29) is 11.3 Å². The van der Waals surface area contributed by atoms with Crippen molar-refractivity contribution in [3.63, 3.8) is 0 Å². The highest BCUT2D eigenvalue weighted by Gasteiger charge is 2.33. The van der Waals surface area contributed by atoms with Gasteiger partial charge in [-0.25, -0.2) is 0 Å². The van der Waals surface area contributed by atoms with Crippen LogP contribution in [0.3, 0.4) is 0 Å². The molecule has 6 nitrogen and oxygen atoms in total. The minimum Gasteiger partial charge on any atom is -0.504 e. The average molecular weight is 461 g/mol. The number of aromatic hydroxyl groups is 1. The van der Waals surface area contributed by atoms with Gasteiger partial charge in [0.2, 0.25) is 5.91 Å². The maximum atomic E-state index is 11.9. The van der Waals surface area contributed by atoms with Gasteiger partial charge in [-0.2, -0.15) is 0 Å². The van der Waals surface area contributed by atoms with Gasteiger partial charge in [0.25, 0.3) is 0 Å². The van der Waals surface area contributed by atoms with Crippen molar-refractivity contribution in [2.45, 2.75) is 26.3 Å². The molecule has 1 amide bonds. The lowest BCUT2D eigenvalue weighted by Gasteiger charge is -2.35. The topological polar surface area (TPSA) is 93.8 Å². The Balaban J connectivity index is 1.84. The first-order valence-corrected chi connectivity index (χ1v) is 11.4. The first-order valence-electron chi connectivity index (χ1n) is 10.5. The number of hydrogen-bond donors (Lipinski definition) is 3. The van der Waals surface area contributed by atoms with Crippen LogP contribution in [0.1, 0.15) is 47.1 Å². The van der Waals surface area contributed by atoms with Crippen molar-refractivity contribution < 1.29 is 19.4 Å². The van der Waals surface area contributed by atoms with E-state index < -0.39 is 5.91 Å². The van der Waals surface area contributed by atoms with Crippen LogP contribution in [0, 0.1) is 0 Å². The van der Waals surface area contributed by atoms with Gasteiger partial charge in [0, 0.05) is 27.3 Å². The Labute approximate surface area is 196 Å². The number of ether oxygens (including phenoxy) is 2. The molecule has 1 aromatic heterocycles. The van der Waals surface area contributed by atoms with Gasteiger partial charge in [-0.1, -0.05) is 12.1 Å². The summed E-state index contributed by atoms with van der Waals surface area (Å²) in [5.74, 6) is 1.07. The number of fused-ring (bicyclic) bond motifs is 5. The number of primary amides is 1. The number of phenolic OH excluding ortho intramolecular Hbond substituents is 1. The van der Waals surface area contributed by atoms with E-state index in [1.807, 2.05) is 23.6 Å². The molecule has 2 aliphatic heterocycles. The molecule has 0 aliphatic carbocycles. The number of allylic oxidation sites excluding steroid dienone is 1. The molecule has 0 atom stereocenters. The third kappa shape index (κ3) is 3.36. The van der Waals surface area contributed by atoms with Crippen molar-refractivity contribution in [1.29, 1.82) is 0 Å². The molecule has 0 saturated carbocycles. The number of methoxy groups -OCH3 is 1. The average Bonchev–Trinajstić information content (AvgIpc) is 3.21. The summed E-state index contributed by atoms with van der Waals surface area (Å²) >= 11 is 1.42. The molecular weight excluding hydrogens is 436 g/mol. The summed E-state index contributed by atoms with van der Waals surface area (Å²) in [4.78, 5) is 12.7. The fraction of sp³-hybridized carbons (Fsp3) is 0.192. The highest BCUT2D eigenvalue weighted by atomic mass is 32.1. The SMILES string of the molecule is COc1c(O)ccc2c1-c1ccc3c(c1C(=Cc1sccc1C(N)=O)O2)C(C)=CC(C)(C)N3. The molecule has 0 spiro atoms. The van der Waals surface area contributed by atoms with Crippen LogP contribution in [0.25, 0.3) is 28.5 Å². The molecule has 0 fully saturated rings. The quantitative estimate of drug-likeness (QED) is 0.464. The Bertz CT molecular complexity index is 1380. The van der Waals surface area contributed by atoms with Gasteiger partial charge < -0.3 is 25.6 Å². The Hall–Kier alpha value is -3.71. The molecule has 2 aromatic carbocycles. The Morgan fingerprint density at radius 2 is 1.97 bits per heavy atom. The van der Waals surface area contributed by atoms with Gasteiger partial charge in [-0.3, -0.25) is 4.79 Å². The number of phenols is 1. The van der Waals surface area contributed by atoms with E-state index in [4.69, 9.17) is 15.2 Å². The summed E-state index contributed by atoms with van der Waals surface area (Å²) in [5.41, 5.74) is 11.3. The second kappa shape index (κ2) is 7.42. The molecule has 7 heteroatoms. The van der Waals surface area contributed by atoms with Gasteiger partial charge >= 0.3 is 0 Å². The first kappa shape index (κ1) is 21.2. The van der Waals surface area contributed by atoms with Crippen LogP contribution in [0.15, 0.2) is 41.8 Å². The maximum Gasteiger partial charge on any atom is 0.250 e. The molecule has 5 rings (SSSR count). The molecule has 0 unspecified atom stereocenters. The van der Waals surface area contributed by atoms with E-state index in [1.165, 1.54) is 18.4 Å². The lowest BCUT2D eigenvalue weighted by Crippen LogP contribution is -2.32. The van der Waals surface area contributed by atoms with Crippen molar-refractivity contribution in [3.05, 3.63) is 63.4 Å². The molecule has 168 valence electrons. The van der Waals surface area contributed by atoms with Crippen molar-refractivity contribution in [2.24, 2.45) is 5.73 Å². The van der Waals surface area contributed by atoms with Gasteiger partial charge in [0.1, 0.15) is 11.5 Å². The normalized spacial score (nSPS) is 16.6. The molecule has 3 aromatic rings. The van der Waals surface area contributed by atoms with E-state index in [1.54, 1.807) is 18.2 Å². The summed E-state index contributed by atoms with van der Waals surface area (Å²) in [6, 6.07) is 9.04. The van der Waals surface area contributed by atoms with Gasteiger partial charge in [0.15, 0.2) is 11.5 Å². The Kier molecular flexibility index (Phi) is 4.76. The van der Waals surface area contributed by atoms with Crippen molar-refractivity contribution in [1.82, 2.24) is 0 Å². The van der Waals surface area contributed by atoms with E-state index in [2.05, 4.69) is 32.2 Å². The largest absolute Gasteiger partial charge is 0.504 e. The van der Waals surface area contributed by atoms with Crippen molar-refractivity contribution in [3.8, 4) is 28.4 Å². The molecule has 4 N–H and O–H groups in total. The summed E-state index contributed by atoms with van der Waals surface area (Å²) in [6.07, 6.45) is 4.04. The number of anilines is 1. The van der Waals surface area contributed by atoms with Crippen LogP contribution in [0.5, 0.6) is 17.2 Å². The monoisotopic (exact) mass is 460 g/mol. The number of carbonyl (C=O) groups is 1. The zero-order valence-corrected chi connectivity index (χ0v) is 19.6. The molecule has 33 heavy (non-hydrogen) atoms. The Morgan fingerprint density at radius 3 is 2.70 bits per heavy atom. The smallest absolute Gasteiger partial charge is 0.250 e. The summed E-state index contributed by atoms with van der Waals surface area (Å²) in [7, 11) is 1.53. The fourth-order valence-corrected chi connectivity index (χ4v) is 5.53. The highest BCUT2D eigenvalue weighted by Crippen LogP contribution is 2.54. The number of carbonyl (C=O) groups excluding carboxylic acids is 1. The number of amides is 1. The number of thiophene rings is 1. The van der Waals surface area contributed by atoms with Crippen LogP contribution in [-0.4, -0.2) is 23.7 Å². The van der Waals surface area contributed by atoms with E-state index in [0.29, 0.717) is 28.4 Å². The molecule has 0 radical (unpaired) electrons. The van der Waals surface area contributed by atoms with E-state index in [9.17, 15) is 9.90 Å². The standard InChI is InChI=1S/C26H24N2O4S/c1-13-12-26(2,3)28-16-6-5-15-22(21(13)16)19(11-20-14(25(27)30)9-10-33-20)32-18-8-7-17(29)24(31-4)23(15)18/h5-12,28-29H,1-4H3,(H2,27,30). The van der Waals surface area contributed by atoms with Crippen LogP contribution in [-0.2, 0) is 0 Å². The maximum absolute atomic E-state index is 11.9. The van der Waals surface area contributed by atoms with Gasteiger partial charge in [-0.15, -0.1) is 11.3 Å². The summed E-state index contributed by atoms with van der Waals surface area (Å²) in [6.45, 7) is 6.31. The van der Waals surface area contributed by atoms with Crippen LogP contribution >= 0.6 is 11.3 Å². The first-order chi connectivity index (χ1) is 15.7. The highest BCUT2D eigenvalue weighted by molar-refractivity contribution is 7.11. The number of rotatable bonds is 3. The number of nitrogens with one attached hydrogen (secondary N) is 1. The predicted molar refractivity (Wildman–Crippen MR) is 133 cm³/mol. The second-order valence-electron chi connectivity index (χ2n) is 8.75. The lowest BCUT2D eigenvalue weighted by molar-refractivity contribution is 0.100. The van der Waals surface area contributed by atoms with E-state index >= 15 is 0 Å². The molecule has 0 bridgehead atoms. The number of benzene rings is 2. The third-order valence-electron chi connectivity index (χ3n) is 5.90. The Morgan fingerprint density at radius 1 is 1.18 bits per heavy atom. The predicted octanol–water partition coefficient (Wildman–Crippen LogP) is 5.73. The van der Waals surface area contributed by atoms with Crippen LogP contribution in [0.4, 0.5) is 5.69 Å². The number of hydrogen-bond acceptors (Lipinski definition) is 6. The van der Waals surface area contributed by atoms with Crippen LogP contribution < -0.4 is 20.5 Å². The minimum atomic E-state index is -0.485. The fourth-order valence-electron chi connectivity index (χ4n) is 4.70. The zero-order valence-electron chi connectivity index (χ0n) is 18.8.